The van der Waals surface area contributed by atoms with E-state index in [1.54, 1.807) is 0 Å². The van der Waals surface area contributed by atoms with E-state index in [1.807, 2.05) is 17.1 Å². The Morgan fingerprint density at radius 3 is 2.57 bits per heavy atom. The maximum absolute atomic E-state index is 4.40. The Kier molecular flexibility index (Phi) is 4.52. The van der Waals surface area contributed by atoms with Crippen molar-refractivity contribution in [2.24, 2.45) is 0 Å². The number of aromatic nitrogens is 4. The fourth-order valence-corrected chi connectivity index (χ4v) is 2.42. The van der Waals surface area contributed by atoms with Crippen LogP contribution in [0.1, 0.15) is 57.5 Å². The molecule has 0 unspecified atom stereocenters. The molecule has 5 heteroatoms. The molecule has 0 aromatic carbocycles. The quantitative estimate of drug-likeness (QED) is 0.889. The summed E-state index contributed by atoms with van der Waals surface area (Å²) in [6, 6.07) is 0.635. The van der Waals surface area contributed by atoms with Crippen LogP contribution >= 0.6 is 0 Å². The second-order valence-electron chi connectivity index (χ2n) is 6.93. The average Bonchev–Trinajstić information content (AvgIpc) is 3.02. The van der Waals surface area contributed by atoms with Crippen LogP contribution in [0.4, 0.5) is 0 Å². The Labute approximate surface area is 127 Å². The standard InChI is InChI=1S/C16H27N5/c1-11-7-19-21(10-11)13(3)12(2)17-8-14-9-18-20-15(14)16(4,5)6/h7,9-10,12-13,17H,8H2,1-6H3,(H,18,20)/t12-,13+/m1/s1. The lowest BCUT2D eigenvalue weighted by atomic mass is 9.89. The third-order valence-corrected chi connectivity index (χ3v) is 3.95. The van der Waals surface area contributed by atoms with Gasteiger partial charge in [-0.3, -0.25) is 9.78 Å². The third kappa shape index (κ3) is 3.73. The van der Waals surface area contributed by atoms with Gasteiger partial charge in [0.2, 0.25) is 0 Å². The van der Waals surface area contributed by atoms with Crippen molar-refractivity contribution >= 4 is 0 Å². The van der Waals surface area contributed by atoms with E-state index in [0.717, 1.165) is 6.54 Å². The Balaban J connectivity index is 1.98. The van der Waals surface area contributed by atoms with Crippen LogP contribution in [0, 0.1) is 6.92 Å². The van der Waals surface area contributed by atoms with Crippen LogP contribution in [0.15, 0.2) is 18.6 Å². The first-order valence-electron chi connectivity index (χ1n) is 7.56. The highest BCUT2D eigenvalue weighted by Crippen LogP contribution is 2.23. The van der Waals surface area contributed by atoms with E-state index in [9.17, 15) is 0 Å². The normalized spacial score (nSPS) is 15.1. The van der Waals surface area contributed by atoms with E-state index in [4.69, 9.17) is 0 Å². The molecule has 0 aliphatic carbocycles. The van der Waals surface area contributed by atoms with Crippen LogP contribution in [-0.2, 0) is 12.0 Å². The van der Waals surface area contributed by atoms with E-state index < -0.39 is 0 Å². The summed E-state index contributed by atoms with van der Waals surface area (Å²) in [6.07, 6.45) is 5.90. The van der Waals surface area contributed by atoms with Crippen LogP contribution in [-0.4, -0.2) is 26.0 Å². The molecule has 0 fully saturated rings. The monoisotopic (exact) mass is 289 g/mol. The molecule has 2 aromatic heterocycles. The van der Waals surface area contributed by atoms with E-state index in [-0.39, 0.29) is 5.41 Å². The van der Waals surface area contributed by atoms with Gasteiger partial charge < -0.3 is 5.32 Å². The van der Waals surface area contributed by atoms with Crippen molar-refractivity contribution in [3.63, 3.8) is 0 Å². The first-order valence-corrected chi connectivity index (χ1v) is 7.56. The maximum Gasteiger partial charge on any atom is 0.0641 e. The number of nitrogens with one attached hydrogen (secondary N) is 2. The van der Waals surface area contributed by atoms with E-state index in [2.05, 4.69) is 68.4 Å². The van der Waals surface area contributed by atoms with Gasteiger partial charge in [0.15, 0.2) is 0 Å². The number of aromatic amines is 1. The number of rotatable bonds is 5. The van der Waals surface area contributed by atoms with Crippen molar-refractivity contribution in [3.05, 3.63) is 35.4 Å². The number of H-pyrrole nitrogens is 1. The van der Waals surface area contributed by atoms with Gasteiger partial charge in [-0.15, -0.1) is 0 Å². The second-order valence-corrected chi connectivity index (χ2v) is 6.93. The zero-order valence-electron chi connectivity index (χ0n) is 13.9. The van der Waals surface area contributed by atoms with Gasteiger partial charge in [0, 0.05) is 35.5 Å². The van der Waals surface area contributed by atoms with Gasteiger partial charge in [-0.25, -0.2) is 0 Å². The SMILES string of the molecule is Cc1cnn([C@@H](C)[C@@H](C)NCc2cn[nH]c2C(C)(C)C)c1. The Morgan fingerprint density at radius 1 is 1.29 bits per heavy atom. The second kappa shape index (κ2) is 6.02. The molecule has 0 aliphatic rings. The molecule has 2 heterocycles. The van der Waals surface area contributed by atoms with Gasteiger partial charge in [-0.2, -0.15) is 10.2 Å². The minimum Gasteiger partial charge on any atom is -0.308 e. The lowest BCUT2D eigenvalue weighted by Crippen LogP contribution is -2.34. The largest absolute Gasteiger partial charge is 0.308 e. The van der Waals surface area contributed by atoms with Gasteiger partial charge in [0.05, 0.1) is 18.4 Å². The highest BCUT2D eigenvalue weighted by molar-refractivity contribution is 5.23. The predicted octanol–water partition coefficient (Wildman–Crippen LogP) is 2.95. The van der Waals surface area contributed by atoms with Crippen molar-refractivity contribution in [1.29, 1.82) is 0 Å². The average molecular weight is 289 g/mol. The predicted molar refractivity (Wildman–Crippen MR) is 85.3 cm³/mol. The highest BCUT2D eigenvalue weighted by Gasteiger charge is 2.21. The highest BCUT2D eigenvalue weighted by atomic mass is 15.3. The van der Waals surface area contributed by atoms with Gasteiger partial charge in [0.1, 0.15) is 0 Å². The van der Waals surface area contributed by atoms with Crippen molar-refractivity contribution in [2.75, 3.05) is 0 Å². The Bertz CT molecular complexity index is 576. The molecule has 0 saturated carbocycles. The molecule has 2 N–H and O–H groups in total. The van der Waals surface area contributed by atoms with E-state index in [1.165, 1.54) is 16.8 Å². The molecule has 0 radical (unpaired) electrons. The summed E-state index contributed by atoms with van der Waals surface area (Å²) < 4.78 is 2.02. The van der Waals surface area contributed by atoms with E-state index in [0.29, 0.717) is 12.1 Å². The number of nitrogens with zero attached hydrogens (tertiary/aromatic N) is 3. The van der Waals surface area contributed by atoms with Crippen molar-refractivity contribution in [2.45, 2.75) is 65.6 Å². The minimum absolute atomic E-state index is 0.0848. The third-order valence-electron chi connectivity index (χ3n) is 3.95. The van der Waals surface area contributed by atoms with E-state index >= 15 is 0 Å². The van der Waals surface area contributed by atoms with Crippen molar-refractivity contribution < 1.29 is 0 Å². The van der Waals surface area contributed by atoms with Crippen LogP contribution in [0.5, 0.6) is 0 Å². The molecule has 2 rings (SSSR count). The summed E-state index contributed by atoms with van der Waals surface area (Å²) in [6.45, 7) is 13.8. The van der Waals surface area contributed by atoms with Crippen LogP contribution in [0.25, 0.3) is 0 Å². The fraction of sp³-hybridized carbons (Fsp3) is 0.625. The Morgan fingerprint density at radius 2 is 2.00 bits per heavy atom. The summed E-state index contributed by atoms with van der Waals surface area (Å²) >= 11 is 0. The van der Waals surface area contributed by atoms with Gasteiger partial charge in [-0.05, 0) is 26.3 Å². The van der Waals surface area contributed by atoms with Crippen LogP contribution < -0.4 is 5.32 Å². The van der Waals surface area contributed by atoms with Gasteiger partial charge in [-0.1, -0.05) is 20.8 Å². The van der Waals surface area contributed by atoms with Gasteiger partial charge in [0.25, 0.3) is 0 Å². The molecule has 5 nitrogen and oxygen atoms in total. The van der Waals surface area contributed by atoms with Crippen molar-refractivity contribution in [1.82, 2.24) is 25.3 Å². The number of aryl methyl sites for hydroxylation is 1. The lowest BCUT2D eigenvalue weighted by Gasteiger charge is -2.23. The summed E-state index contributed by atoms with van der Waals surface area (Å²) in [4.78, 5) is 0. The molecule has 0 bridgehead atoms. The number of hydrogen-bond donors (Lipinski definition) is 2. The molecule has 116 valence electrons. The zero-order valence-corrected chi connectivity index (χ0v) is 13.9. The molecule has 0 saturated heterocycles. The zero-order chi connectivity index (χ0) is 15.6. The fourth-order valence-electron chi connectivity index (χ4n) is 2.42. The molecular weight excluding hydrogens is 262 g/mol. The molecule has 0 spiro atoms. The minimum atomic E-state index is 0.0848. The summed E-state index contributed by atoms with van der Waals surface area (Å²) in [5.74, 6) is 0. The van der Waals surface area contributed by atoms with Crippen molar-refractivity contribution in [3.8, 4) is 0 Å². The maximum atomic E-state index is 4.40. The summed E-state index contributed by atoms with van der Waals surface area (Å²) in [7, 11) is 0. The molecule has 2 aromatic rings. The molecule has 0 amide bonds. The van der Waals surface area contributed by atoms with Gasteiger partial charge >= 0.3 is 0 Å². The van der Waals surface area contributed by atoms with Crippen LogP contribution in [0.3, 0.4) is 0 Å². The smallest absolute Gasteiger partial charge is 0.0641 e. The lowest BCUT2D eigenvalue weighted by molar-refractivity contribution is 0.364. The topological polar surface area (TPSA) is 58.5 Å². The first kappa shape index (κ1) is 15.8. The Hall–Kier alpha value is -1.62. The molecule has 2 atom stereocenters. The van der Waals surface area contributed by atoms with Crippen LogP contribution in [0.2, 0.25) is 0 Å². The number of hydrogen-bond acceptors (Lipinski definition) is 3. The summed E-state index contributed by atoms with van der Waals surface area (Å²) in [5, 5.41) is 15.3. The molecule has 0 aliphatic heterocycles. The molecular formula is C16H27N5. The molecule has 21 heavy (non-hydrogen) atoms. The summed E-state index contributed by atoms with van der Waals surface area (Å²) in [5.41, 5.74) is 3.71. The first-order chi connectivity index (χ1) is 9.79.